The molecule has 0 radical (unpaired) electrons. The summed E-state index contributed by atoms with van der Waals surface area (Å²) in [5, 5.41) is 9.51. The van der Waals surface area contributed by atoms with Gasteiger partial charge in [0.15, 0.2) is 11.6 Å². The van der Waals surface area contributed by atoms with Crippen molar-refractivity contribution in [3.8, 4) is 28.7 Å². The maximum atomic E-state index is 14.9. The van der Waals surface area contributed by atoms with E-state index in [9.17, 15) is 14.4 Å². The van der Waals surface area contributed by atoms with Crippen LogP contribution < -0.4 is 0 Å². The number of Topliss-reactive ketones (excluding diaryl/α,β-unsaturated/α-hetero) is 1. The first kappa shape index (κ1) is 19.9. The SMILES string of the molecule is CC1C(=O)C(C#N)=CC2c3nc(-c4ccnc(C5CC5)c4)nc(-c4ccccc4F)c3CC12. The van der Waals surface area contributed by atoms with E-state index in [4.69, 9.17) is 9.97 Å². The Morgan fingerprint density at radius 3 is 2.73 bits per heavy atom. The molecule has 2 aromatic heterocycles. The fraction of sp³-hybridized carbons (Fsp3) is 0.296. The molecule has 0 spiro atoms. The van der Waals surface area contributed by atoms with Gasteiger partial charge in [0.05, 0.1) is 17.0 Å². The first-order valence-corrected chi connectivity index (χ1v) is 11.3. The summed E-state index contributed by atoms with van der Waals surface area (Å²) in [5.41, 5.74) is 4.72. The molecule has 0 amide bonds. The molecule has 3 aromatic rings. The number of hydrogen-bond donors (Lipinski definition) is 0. The van der Waals surface area contributed by atoms with Crippen LogP contribution in [0.3, 0.4) is 0 Å². The molecule has 0 N–H and O–H groups in total. The number of rotatable bonds is 3. The van der Waals surface area contributed by atoms with Crippen molar-refractivity contribution in [3.05, 3.63) is 77.0 Å². The first-order chi connectivity index (χ1) is 16.0. The maximum absolute atomic E-state index is 14.9. The molecule has 0 saturated heterocycles. The molecule has 0 bridgehead atoms. The van der Waals surface area contributed by atoms with Crippen molar-refractivity contribution in [1.29, 1.82) is 5.26 Å². The van der Waals surface area contributed by atoms with Gasteiger partial charge >= 0.3 is 0 Å². The maximum Gasteiger partial charge on any atom is 0.176 e. The standard InChI is InChI=1S/C27H21FN4O/c1-14-19-12-21-24(18-4-2-3-5-22(18)28)31-27(16-8-9-30-23(11-16)15-6-7-15)32-25(21)20(19)10-17(13-29)26(14)33/h2-5,8-11,14-15,19-20H,6-7,12H2,1H3. The van der Waals surface area contributed by atoms with Crippen molar-refractivity contribution in [3.63, 3.8) is 0 Å². The molecule has 2 heterocycles. The van der Waals surface area contributed by atoms with E-state index in [1.807, 2.05) is 19.1 Å². The van der Waals surface area contributed by atoms with E-state index in [1.54, 1.807) is 30.5 Å². The predicted molar refractivity (Wildman–Crippen MR) is 120 cm³/mol. The van der Waals surface area contributed by atoms with Gasteiger partial charge in [-0.05, 0) is 49.4 Å². The molecule has 3 aliphatic carbocycles. The largest absolute Gasteiger partial charge is 0.293 e. The van der Waals surface area contributed by atoms with Crippen LogP contribution in [0.1, 0.15) is 48.6 Å². The Balaban J connectivity index is 1.57. The highest BCUT2D eigenvalue weighted by atomic mass is 19.1. The number of nitrogens with zero attached hydrogens (tertiary/aromatic N) is 4. The van der Waals surface area contributed by atoms with Gasteiger partial charge < -0.3 is 0 Å². The molecule has 3 aliphatic rings. The number of pyridine rings is 1. The van der Waals surface area contributed by atoms with Crippen LogP contribution in [0.15, 0.2) is 54.2 Å². The lowest BCUT2D eigenvalue weighted by atomic mass is 9.74. The van der Waals surface area contributed by atoms with Crippen molar-refractivity contribution < 1.29 is 9.18 Å². The van der Waals surface area contributed by atoms with Gasteiger partial charge in [-0.1, -0.05) is 25.1 Å². The third-order valence-electron chi connectivity index (χ3n) is 7.21. The number of ketones is 1. The summed E-state index contributed by atoms with van der Waals surface area (Å²) in [7, 11) is 0. The Hall–Kier alpha value is -3.72. The third-order valence-corrected chi connectivity index (χ3v) is 7.21. The summed E-state index contributed by atoms with van der Waals surface area (Å²) >= 11 is 0. The highest BCUT2D eigenvalue weighted by Crippen LogP contribution is 2.49. The Kier molecular flexibility index (Phi) is 4.48. The van der Waals surface area contributed by atoms with E-state index in [0.29, 0.717) is 29.4 Å². The van der Waals surface area contributed by atoms with Crippen molar-refractivity contribution in [2.75, 3.05) is 0 Å². The molecule has 1 aromatic carbocycles. The summed E-state index contributed by atoms with van der Waals surface area (Å²) in [6, 6.07) is 12.6. The van der Waals surface area contributed by atoms with Gasteiger partial charge in [-0.15, -0.1) is 0 Å². The van der Waals surface area contributed by atoms with E-state index >= 15 is 0 Å². The van der Waals surface area contributed by atoms with Crippen molar-refractivity contribution in [2.45, 2.75) is 38.0 Å². The van der Waals surface area contributed by atoms with Gasteiger partial charge in [-0.25, -0.2) is 14.4 Å². The van der Waals surface area contributed by atoms with Gasteiger partial charge in [0.25, 0.3) is 0 Å². The van der Waals surface area contributed by atoms with Crippen LogP contribution in [0, 0.1) is 29.0 Å². The number of carbonyl (C=O) groups excluding carboxylic acids is 1. The molecule has 0 aliphatic heterocycles. The molecule has 6 rings (SSSR count). The average Bonchev–Trinajstić information content (AvgIpc) is 3.62. The molecule has 6 heteroatoms. The van der Waals surface area contributed by atoms with Crippen LogP contribution in [0.2, 0.25) is 0 Å². The highest BCUT2D eigenvalue weighted by Gasteiger charge is 2.44. The lowest BCUT2D eigenvalue weighted by molar-refractivity contribution is -0.120. The van der Waals surface area contributed by atoms with Gasteiger partial charge in [-0.3, -0.25) is 9.78 Å². The monoisotopic (exact) mass is 436 g/mol. The Labute approximate surface area is 191 Å². The Morgan fingerprint density at radius 1 is 1.15 bits per heavy atom. The topological polar surface area (TPSA) is 79.5 Å². The Bertz CT molecular complexity index is 1390. The van der Waals surface area contributed by atoms with Gasteiger partial charge in [0, 0.05) is 46.3 Å². The molecular formula is C27H21FN4O. The number of hydrogen-bond acceptors (Lipinski definition) is 5. The molecule has 33 heavy (non-hydrogen) atoms. The number of aromatic nitrogens is 3. The van der Waals surface area contributed by atoms with Crippen molar-refractivity contribution in [1.82, 2.24) is 15.0 Å². The normalized spacial score (nSPS) is 23.5. The number of fused-ring (bicyclic) bond motifs is 3. The minimum absolute atomic E-state index is 0.0147. The minimum atomic E-state index is -0.343. The van der Waals surface area contributed by atoms with Crippen molar-refractivity contribution >= 4 is 5.78 Å². The highest BCUT2D eigenvalue weighted by molar-refractivity contribution is 6.02. The summed E-state index contributed by atoms with van der Waals surface area (Å²) < 4.78 is 14.9. The summed E-state index contributed by atoms with van der Waals surface area (Å²) in [6.45, 7) is 1.87. The molecule has 3 atom stereocenters. The Morgan fingerprint density at radius 2 is 1.97 bits per heavy atom. The van der Waals surface area contributed by atoms with Crippen molar-refractivity contribution in [2.24, 2.45) is 11.8 Å². The quantitative estimate of drug-likeness (QED) is 0.568. The molecule has 162 valence electrons. The zero-order valence-corrected chi connectivity index (χ0v) is 18.1. The van der Waals surface area contributed by atoms with Crippen LogP contribution in [0.5, 0.6) is 0 Å². The van der Waals surface area contributed by atoms with E-state index < -0.39 is 0 Å². The van der Waals surface area contributed by atoms with Crippen LogP contribution in [-0.2, 0) is 11.2 Å². The van der Waals surface area contributed by atoms with Crippen LogP contribution in [-0.4, -0.2) is 20.7 Å². The average molecular weight is 436 g/mol. The third kappa shape index (κ3) is 3.19. The molecule has 3 unspecified atom stereocenters. The predicted octanol–water partition coefficient (Wildman–Crippen LogP) is 5.15. The zero-order valence-electron chi connectivity index (χ0n) is 18.1. The number of halogens is 1. The lowest BCUT2D eigenvalue weighted by Gasteiger charge is -2.27. The number of benzene rings is 1. The van der Waals surface area contributed by atoms with E-state index in [-0.39, 0.29) is 34.9 Å². The second-order valence-electron chi connectivity index (χ2n) is 9.22. The smallest absolute Gasteiger partial charge is 0.176 e. The molecule has 1 saturated carbocycles. The van der Waals surface area contributed by atoms with E-state index in [1.165, 1.54) is 6.07 Å². The second kappa shape index (κ2) is 7.41. The van der Waals surface area contributed by atoms with Crippen LogP contribution >= 0.6 is 0 Å². The summed E-state index contributed by atoms with van der Waals surface area (Å²) in [6.07, 6.45) is 6.39. The lowest BCUT2D eigenvalue weighted by Crippen LogP contribution is -2.29. The minimum Gasteiger partial charge on any atom is -0.293 e. The molecule has 1 fully saturated rings. The fourth-order valence-corrected chi connectivity index (χ4v) is 5.22. The first-order valence-electron chi connectivity index (χ1n) is 11.3. The number of carbonyl (C=O) groups is 1. The van der Waals surface area contributed by atoms with E-state index in [2.05, 4.69) is 11.1 Å². The van der Waals surface area contributed by atoms with Gasteiger partial charge in [-0.2, -0.15) is 5.26 Å². The summed E-state index contributed by atoms with van der Waals surface area (Å²) in [5.74, 6) is 0.0524. The molecular weight excluding hydrogens is 415 g/mol. The molecule has 5 nitrogen and oxygen atoms in total. The van der Waals surface area contributed by atoms with E-state index in [0.717, 1.165) is 35.4 Å². The number of allylic oxidation sites excluding steroid dienone is 2. The van der Waals surface area contributed by atoms with Crippen LogP contribution in [0.4, 0.5) is 4.39 Å². The number of nitriles is 1. The zero-order chi connectivity index (χ0) is 22.7. The van der Waals surface area contributed by atoms with Crippen LogP contribution in [0.25, 0.3) is 22.6 Å². The fourth-order valence-electron chi connectivity index (χ4n) is 5.22. The second-order valence-corrected chi connectivity index (χ2v) is 9.22. The summed E-state index contributed by atoms with van der Waals surface area (Å²) in [4.78, 5) is 27.0. The van der Waals surface area contributed by atoms with Gasteiger partial charge in [0.2, 0.25) is 0 Å². The van der Waals surface area contributed by atoms with Gasteiger partial charge in [0.1, 0.15) is 11.9 Å².